The molecule has 0 aliphatic carbocycles. The van der Waals surface area contributed by atoms with Crippen molar-refractivity contribution < 1.29 is 56.8 Å². The zero-order chi connectivity index (χ0) is 41.3. The van der Waals surface area contributed by atoms with Crippen molar-refractivity contribution in [2.45, 2.75) is 243 Å². The van der Waals surface area contributed by atoms with Gasteiger partial charge in [-0.1, -0.05) is 181 Å². The molecule has 12 nitrogen and oxygen atoms in total. The summed E-state index contributed by atoms with van der Waals surface area (Å²) in [5.41, 5.74) is 0. The van der Waals surface area contributed by atoms with Crippen LogP contribution in [-0.4, -0.2) is 96.0 Å². The first kappa shape index (κ1) is 52.7. The second-order valence-corrected chi connectivity index (χ2v) is 17.6. The van der Waals surface area contributed by atoms with Crippen molar-refractivity contribution in [2.24, 2.45) is 0 Å². The van der Waals surface area contributed by atoms with Crippen LogP contribution in [0.5, 0.6) is 0 Å². The molecular formula is C43H82O12S. The maximum atomic E-state index is 12.8. The average molecular weight is 823 g/mol. The zero-order valence-corrected chi connectivity index (χ0v) is 36.1. The number of hydrogen-bond acceptors (Lipinski definition) is 11. The van der Waals surface area contributed by atoms with E-state index in [0.29, 0.717) is 12.8 Å². The fourth-order valence-electron chi connectivity index (χ4n) is 7.15. The largest absolute Gasteiger partial charge is 0.462 e. The Balaban J connectivity index is 2.38. The Kier molecular flexibility index (Phi) is 32.5. The highest BCUT2D eigenvalue weighted by atomic mass is 32.2. The highest BCUT2D eigenvalue weighted by Crippen LogP contribution is 2.24. The molecule has 0 saturated carbocycles. The molecule has 1 saturated heterocycles. The zero-order valence-electron chi connectivity index (χ0n) is 35.3. The lowest BCUT2D eigenvalue weighted by Gasteiger charge is -2.40. The van der Waals surface area contributed by atoms with Gasteiger partial charge in [0, 0.05) is 12.8 Å². The second kappa shape index (κ2) is 34.5. The number of aliphatic hydroxyl groups excluding tert-OH is 3. The summed E-state index contributed by atoms with van der Waals surface area (Å²) in [7, 11) is -4.59. The Morgan fingerprint density at radius 2 is 0.911 bits per heavy atom. The Labute approximate surface area is 340 Å². The monoisotopic (exact) mass is 823 g/mol. The number of aliphatic hydroxyl groups is 3. The summed E-state index contributed by atoms with van der Waals surface area (Å²) in [5, 5.41) is 30.8. The summed E-state index contributed by atoms with van der Waals surface area (Å²) in [5.74, 6) is -1.97. The number of rotatable bonds is 38. The Bertz CT molecular complexity index is 1060. The van der Waals surface area contributed by atoms with Crippen molar-refractivity contribution in [3.05, 3.63) is 0 Å². The van der Waals surface area contributed by atoms with Crippen LogP contribution >= 0.6 is 0 Å². The Morgan fingerprint density at radius 1 is 0.536 bits per heavy atom. The first-order valence-corrected chi connectivity index (χ1v) is 24.2. The summed E-state index contributed by atoms with van der Waals surface area (Å²) in [4.78, 5) is 25.3. The second-order valence-electron chi connectivity index (χ2n) is 16.1. The molecule has 0 aromatic rings. The van der Waals surface area contributed by atoms with Crippen molar-refractivity contribution in [3.8, 4) is 0 Å². The van der Waals surface area contributed by atoms with Gasteiger partial charge in [0.2, 0.25) is 0 Å². The molecular weight excluding hydrogens is 741 g/mol. The highest BCUT2D eigenvalue weighted by molar-refractivity contribution is 7.85. The van der Waals surface area contributed by atoms with Crippen LogP contribution in [-0.2, 0) is 38.7 Å². The molecule has 0 amide bonds. The van der Waals surface area contributed by atoms with Gasteiger partial charge in [-0.25, -0.2) is 0 Å². The number of carbonyl (C=O) groups is 2. The van der Waals surface area contributed by atoms with Crippen molar-refractivity contribution in [1.29, 1.82) is 0 Å². The van der Waals surface area contributed by atoms with Crippen LogP contribution in [0, 0.1) is 0 Å². The maximum absolute atomic E-state index is 12.8. The van der Waals surface area contributed by atoms with Gasteiger partial charge in [-0.05, 0) is 12.8 Å². The molecule has 332 valence electrons. The van der Waals surface area contributed by atoms with Crippen LogP contribution in [0.2, 0.25) is 0 Å². The van der Waals surface area contributed by atoms with Crippen LogP contribution in [0.25, 0.3) is 0 Å². The Hall–Kier alpha value is -1.35. The quantitative estimate of drug-likeness (QED) is 0.0264. The first-order valence-electron chi connectivity index (χ1n) is 22.6. The third-order valence-electron chi connectivity index (χ3n) is 10.7. The number of esters is 2. The van der Waals surface area contributed by atoms with Gasteiger partial charge in [-0.15, -0.1) is 0 Å². The third kappa shape index (κ3) is 29.0. The van der Waals surface area contributed by atoms with Crippen LogP contribution in [0.1, 0.15) is 206 Å². The smallest absolute Gasteiger partial charge is 0.306 e. The fourth-order valence-corrected chi connectivity index (χ4v) is 7.84. The number of ether oxygens (including phenoxy) is 4. The van der Waals surface area contributed by atoms with E-state index in [4.69, 9.17) is 18.9 Å². The van der Waals surface area contributed by atoms with Gasteiger partial charge in [-0.3, -0.25) is 14.1 Å². The van der Waals surface area contributed by atoms with E-state index in [-0.39, 0.29) is 19.4 Å². The number of hydrogen-bond donors (Lipinski definition) is 4. The molecule has 6 atom stereocenters. The summed E-state index contributed by atoms with van der Waals surface area (Å²) in [6, 6.07) is 0. The fraction of sp³-hybridized carbons (Fsp3) is 0.953. The predicted molar refractivity (Wildman–Crippen MR) is 220 cm³/mol. The molecule has 0 aromatic heterocycles. The first-order chi connectivity index (χ1) is 27.0. The molecule has 1 rings (SSSR count). The van der Waals surface area contributed by atoms with Crippen LogP contribution < -0.4 is 0 Å². The topological polar surface area (TPSA) is 186 Å². The molecule has 6 unspecified atom stereocenters. The molecule has 13 heteroatoms. The van der Waals surface area contributed by atoms with E-state index in [1.165, 1.54) is 128 Å². The van der Waals surface area contributed by atoms with E-state index in [9.17, 15) is 37.9 Å². The van der Waals surface area contributed by atoms with Gasteiger partial charge in [0.15, 0.2) is 12.4 Å². The van der Waals surface area contributed by atoms with Crippen molar-refractivity contribution in [3.63, 3.8) is 0 Å². The minimum absolute atomic E-state index is 0.172. The van der Waals surface area contributed by atoms with Gasteiger partial charge in [0.1, 0.15) is 36.8 Å². The summed E-state index contributed by atoms with van der Waals surface area (Å²) in [6.07, 6.45) is 24.5. The lowest BCUT2D eigenvalue weighted by Crippen LogP contribution is -2.60. The average Bonchev–Trinajstić information content (AvgIpc) is 3.16. The summed E-state index contributed by atoms with van der Waals surface area (Å²) in [6.45, 7) is 3.75. The van der Waals surface area contributed by atoms with E-state index in [2.05, 4.69) is 13.8 Å². The third-order valence-corrected chi connectivity index (χ3v) is 11.4. The lowest BCUT2D eigenvalue weighted by atomic mass is 10.00. The predicted octanol–water partition coefficient (Wildman–Crippen LogP) is 8.90. The lowest BCUT2D eigenvalue weighted by molar-refractivity contribution is -0.297. The van der Waals surface area contributed by atoms with Crippen LogP contribution in [0.4, 0.5) is 0 Å². The van der Waals surface area contributed by atoms with Crippen molar-refractivity contribution in [2.75, 3.05) is 19.0 Å². The molecule has 1 aliphatic rings. The van der Waals surface area contributed by atoms with Crippen molar-refractivity contribution in [1.82, 2.24) is 0 Å². The van der Waals surface area contributed by atoms with Gasteiger partial charge in [0.25, 0.3) is 10.1 Å². The SMILES string of the molecule is CCCCCCCCCCCCCCCCCCCCCC(=O)OC(COC(=O)CCCCCCCCCCC)COC1OC(CS(=O)(=O)O)C(O)C(O)C1O. The Morgan fingerprint density at radius 3 is 1.30 bits per heavy atom. The molecule has 0 radical (unpaired) electrons. The summed E-state index contributed by atoms with van der Waals surface area (Å²) >= 11 is 0. The van der Waals surface area contributed by atoms with Crippen molar-refractivity contribution >= 4 is 22.1 Å². The molecule has 0 aromatic carbocycles. The van der Waals surface area contributed by atoms with Gasteiger partial charge >= 0.3 is 11.9 Å². The highest BCUT2D eigenvalue weighted by Gasteiger charge is 2.46. The van der Waals surface area contributed by atoms with E-state index in [1.54, 1.807) is 0 Å². The van der Waals surface area contributed by atoms with Crippen LogP contribution in [0.15, 0.2) is 0 Å². The molecule has 56 heavy (non-hydrogen) atoms. The standard InChI is InChI=1S/C43H82O12S/c1-3-5-7-9-11-13-14-15-16-17-18-19-20-21-22-24-26-28-30-32-39(45)54-36(33-52-38(44)31-29-27-25-23-12-10-8-6-4-2)34-53-43-42(48)41(47)40(46)37(55-43)35-56(49,50)51/h36-37,40-43,46-48H,3-35H2,1-2H3,(H,49,50,51). The normalized spacial score (nSPS) is 20.6. The molecule has 0 bridgehead atoms. The molecule has 4 N–H and O–H groups in total. The molecule has 1 heterocycles. The number of carbonyl (C=O) groups excluding carboxylic acids is 2. The molecule has 1 fully saturated rings. The van der Waals surface area contributed by atoms with Crippen LogP contribution in [0.3, 0.4) is 0 Å². The minimum Gasteiger partial charge on any atom is -0.462 e. The van der Waals surface area contributed by atoms with E-state index in [0.717, 1.165) is 38.5 Å². The number of unbranched alkanes of at least 4 members (excludes halogenated alkanes) is 26. The maximum Gasteiger partial charge on any atom is 0.306 e. The van der Waals surface area contributed by atoms with Gasteiger partial charge in [0.05, 0.1) is 6.61 Å². The van der Waals surface area contributed by atoms with E-state index in [1.807, 2.05) is 0 Å². The van der Waals surface area contributed by atoms with Gasteiger partial charge in [-0.2, -0.15) is 8.42 Å². The minimum atomic E-state index is -4.59. The van der Waals surface area contributed by atoms with E-state index < -0.39 is 71.2 Å². The van der Waals surface area contributed by atoms with E-state index >= 15 is 0 Å². The summed E-state index contributed by atoms with van der Waals surface area (Å²) < 4.78 is 53.9. The van der Waals surface area contributed by atoms with Gasteiger partial charge < -0.3 is 34.3 Å². The molecule has 1 aliphatic heterocycles. The molecule has 0 spiro atoms.